The summed E-state index contributed by atoms with van der Waals surface area (Å²) in [6, 6.07) is 7.58. The summed E-state index contributed by atoms with van der Waals surface area (Å²) < 4.78 is 0.936. The summed E-state index contributed by atoms with van der Waals surface area (Å²) in [6.07, 6.45) is 0. The molecule has 0 bridgehead atoms. The fourth-order valence-electron chi connectivity index (χ4n) is 1.48. The van der Waals surface area contributed by atoms with Crippen LogP contribution in [-0.2, 0) is 10.3 Å². The van der Waals surface area contributed by atoms with E-state index >= 15 is 0 Å². The van der Waals surface area contributed by atoms with E-state index in [0.717, 1.165) is 10.0 Å². The summed E-state index contributed by atoms with van der Waals surface area (Å²) in [6.45, 7) is 4.42. The molecule has 0 aliphatic heterocycles. The highest BCUT2D eigenvalue weighted by atomic mass is 79.9. The second-order valence-corrected chi connectivity index (χ2v) is 4.45. The molecule has 82 valence electrons. The maximum Gasteiger partial charge on any atom is 0.242 e. The molecule has 3 N–H and O–H groups in total. The summed E-state index contributed by atoms with van der Waals surface area (Å²) in [5.74, 6) is -0.373. The van der Waals surface area contributed by atoms with E-state index in [1.54, 1.807) is 6.92 Å². The molecule has 4 heteroatoms. The van der Waals surface area contributed by atoms with Gasteiger partial charge in [0.15, 0.2) is 0 Å². The first-order valence-corrected chi connectivity index (χ1v) is 5.61. The van der Waals surface area contributed by atoms with E-state index in [2.05, 4.69) is 21.2 Å². The molecule has 1 atom stereocenters. The van der Waals surface area contributed by atoms with E-state index in [-0.39, 0.29) is 5.91 Å². The lowest BCUT2D eigenvalue weighted by atomic mass is 9.91. The molecule has 0 aliphatic rings. The monoisotopic (exact) mass is 270 g/mol. The van der Waals surface area contributed by atoms with Gasteiger partial charge in [-0.15, -0.1) is 0 Å². The lowest BCUT2D eigenvalue weighted by molar-refractivity contribution is -0.124. The number of halogens is 1. The zero-order valence-corrected chi connectivity index (χ0v) is 10.5. The van der Waals surface area contributed by atoms with Crippen molar-refractivity contribution < 1.29 is 4.79 Å². The van der Waals surface area contributed by atoms with Gasteiger partial charge in [0.1, 0.15) is 5.54 Å². The van der Waals surface area contributed by atoms with E-state index < -0.39 is 5.54 Å². The number of benzene rings is 1. The van der Waals surface area contributed by atoms with Gasteiger partial charge < -0.3 is 11.1 Å². The van der Waals surface area contributed by atoms with Gasteiger partial charge in [0, 0.05) is 4.47 Å². The van der Waals surface area contributed by atoms with Gasteiger partial charge in [0.05, 0.1) is 0 Å². The highest BCUT2D eigenvalue weighted by Crippen LogP contribution is 2.23. The number of nitrogens with two attached hydrogens (primary N) is 1. The van der Waals surface area contributed by atoms with Crippen LogP contribution < -0.4 is 11.1 Å². The number of hydrogen-bond acceptors (Lipinski definition) is 2. The molecule has 15 heavy (non-hydrogen) atoms. The zero-order chi connectivity index (χ0) is 11.5. The van der Waals surface area contributed by atoms with E-state index in [9.17, 15) is 4.79 Å². The van der Waals surface area contributed by atoms with Crippen molar-refractivity contribution in [2.24, 2.45) is 5.73 Å². The minimum atomic E-state index is -0.807. The maximum atomic E-state index is 11.5. The normalized spacial score (nSPS) is 14.6. The van der Waals surface area contributed by atoms with Gasteiger partial charge in [-0.3, -0.25) is 4.79 Å². The molecule has 1 rings (SSSR count). The highest BCUT2D eigenvalue weighted by molar-refractivity contribution is 9.10. The number of likely N-dealkylation sites (N-methyl/N-ethyl adjacent to an activating group) is 1. The van der Waals surface area contributed by atoms with Crippen molar-refractivity contribution in [1.29, 1.82) is 0 Å². The number of nitrogens with one attached hydrogen (secondary N) is 1. The molecule has 1 unspecified atom stereocenters. The van der Waals surface area contributed by atoms with Gasteiger partial charge in [-0.05, 0) is 31.2 Å². The van der Waals surface area contributed by atoms with Crippen LogP contribution in [0.4, 0.5) is 0 Å². The molecule has 0 aromatic heterocycles. The molecule has 0 aliphatic carbocycles. The Morgan fingerprint density at radius 3 is 2.73 bits per heavy atom. The summed E-state index contributed by atoms with van der Waals surface area (Å²) in [7, 11) is 0. The van der Waals surface area contributed by atoms with Crippen molar-refractivity contribution in [2.75, 3.05) is 6.54 Å². The van der Waals surface area contributed by atoms with Crippen molar-refractivity contribution in [3.8, 4) is 0 Å². The number of carbonyl (C=O) groups is 1. The number of rotatable bonds is 4. The first-order valence-electron chi connectivity index (χ1n) is 4.81. The van der Waals surface area contributed by atoms with Gasteiger partial charge >= 0.3 is 0 Å². The second kappa shape index (κ2) is 4.77. The molecule has 0 saturated carbocycles. The Balaban J connectivity index is 3.15. The molecule has 0 saturated heterocycles. The predicted molar refractivity (Wildman–Crippen MR) is 64.4 cm³/mol. The number of primary amides is 1. The van der Waals surface area contributed by atoms with Crippen molar-refractivity contribution in [2.45, 2.75) is 19.4 Å². The second-order valence-electron chi connectivity index (χ2n) is 3.53. The Hall–Kier alpha value is -0.870. The molecule has 1 amide bonds. The molecule has 0 spiro atoms. The maximum absolute atomic E-state index is 11.5. The Kier molecular flexibility index (Phi) is 3.88. The number of hydrogen-bond donors (Lipinski definition) is 2. The van der Waals surface area contributed by atoms with E-state index in [0.29, 0.717) is 6.54 Å². The minimum absolute atomic E-state index is 0.373. The molecule has 0 heterocycles. The van der Waals surface area contributed by atoms with Crippen LogP contribution >= 0.6 is 15.9 Å². The highest BCUT2D eigenvalue weighted by Gasteiger charge is 2.31. The van der Waals surface area contributed by atoms with E-state index in [1.807, 2.05) is 31.2 Å². The molecule has 0 radical (unpaired) electrons. The first-order chi connectivity index (χ1) is 7.00. The fourth-order valence-corrected chi connectivity index (χ4v) is 1.88. The van der Waals surface area contributed by atoms with Crippen LogP contribution in [0, 0.1) is 0 Å². The minimum Gasteiger partial charge on any atom is -0.368 e. The van der Waals surface area contributed by atoms with Gasteiger partial charge in [-0.2, -0.15) is 0 Å². The van der Waals surface area contributed by atoms with Gasteiger partial charge in [0.2, 0.25) is 5.91 Å². The van der Waals surface area contributed by atoms with Crippen LogP contribution in [0.15, 0.2) is 28.7 Å². The summed E-state index contributed by atoms with van der Waals surface area (Å²) in [5.41, 5.74) is 5.48. The van der Waals surface area contributed by atoms with Crippen molar-refractivity contribution in [3.63, 3.8) is 0 Å². The van der Waals surface area contributed by atoms with Crippen molar-refractivity contribution in [1.82, 2.24) is 5.32 Å². The quantitative estimate of drug-likeness (QED) is 0.876. The van der Waals surface area contributed by atoms with E-state index in [4.69, 9.17) is 5.73 Å². The molecule has 1 aromatic rings. The first kappa shape index (κ1) is 12.2. The average Bonchev–Trinajstić information content (AvgIpc) is 2.17. The van der Waals surface area contributed by atoms with Crippen LogP contribution in [-0.4, -0.2) is 12.5 Å². The predicted octanol–water partition coefficient (Wildman–Crippen LogP) is 1.76. The van der Waals surface area contributed by atoms with Crippen LogP contribution in [0.1, 0.15) is 19.4 Å². The standard InChI is InChI=1S/C11H15BrN2O/c1-3-14-11(2,10(13)15)8-5-4-6-9(12)7-8/h4-7,14H,3H2,1-2H3,(H2,13,15). The Morgan fingerprint density at radius 1 is 1.60 bits per heavy atom. The number of carbonyl (C=O) groups excluding carboxylic acids is 1. The largest absolute Gasteiger partial charge is 0.368 e. The van der Waals surface area contributed by atoms with Crippen LogP contribution in [0.25, 0.3) is 0 Å². The van der Waals surface area contributed by atoms with Crippen LogP contribution in [0.2, 0.25) is 0 Å². The van der Waals surface area contributed by atoms with Gasteiger partial charge in [-0.25, -0.2) is 0 Å². The summed E-state index contributed by atoms with van der Waals surface area (Å²) >= 11 is 3.37. The Bertz CT molecular complexity index is 367. The molecule has 1 aromatic carbocycles. The molecular formula is C11H15BrN2O. The van der Waals surface area contributed by atoms with Gasteiger partial charge in [-0.1, -0.05) is 35.0 Å². The molecule has 0 fully saturated rings. The lowest BCUT2D eigenvalue weighted by Gasteiger charge is -2.27. The fraction of sp³-hybridized carbons (Fsp3) is 0.364. The van der Waals surface area contributed by atoms with Crippen molar-refractivity contribution in [3.05, 3.63) is 34.3 Å². The molecule has 3 nitrogen and oxygen atoms in total. The van der Waals surface area contributed by atoms with Gasteiger partial charge in [0.25, 0.3) is 0 Å². The summed E-state index contributed by atoms with van der Waals surface area (Å²) in [5, 5.41) is 3.11. The van der Waals surface area contributed by atoms with E-state index in [1.165, 1.54) is 0 Å². The van der Waals surface area contributed by atoms with Crippen LogP contribution in [0.3, 0.4) is 0 Å². The topological polar surface area (TPSA) is 55.1 Å². The third-order valence-corrected chi connectivity index (χ3v) is 2.92. The molecular weight excluding hydrogens is 256 g/mol. The third kappa shape index (κ3) is 2.58. The third-order valence-electron chi connectivity index (χ3n) is 2.43. The Morgan fingerprint density at radius 2 is 2.27 bits per heavy atom. The average molecular weight is 271 g/mol. The van der Waals surface area contributed by atoms with Crippen LogP contribution in [0.5, 0.6) is 0 Å². The zero-order valence-electron chi connectivity index (χ0n) is 8.88. The van der Waals surface area contributed by atoms with Crippen molar-refractivity contribution >= 4 is 21.8 Å². The SMILES string of the molecule is CCNC(C)(C(N)=O)c1cccc(Br)c1. The smallest absolute Gasteiger partial charge is 0.242 e. The lowest BCUT2D eigenvalue weighted by Crippen LogP contribution is -2.50. The number of amides is 1. The Labute approximate surface area is 98.2 Å². The summed E-state index contributed by atoms with van der Waals surface area (Å²) in [4.78, 5) is 11.5.